The molecule has 76 valence electrons. The summed E-state index contributed by atoms with van der Waals surface area (Å²) in [7, 11) is 0. The molecule has 0 bridgehead atoms. The molecule has 3 heteroatoms. The fraction of sp³-hybridized carbons (Fsp3) is 0.364. The lowest BCUT2D eigenvalue weighted by Crippen LogP contribution is -2.24. The monoisotopic (exact) mass is 209 g/mol. The van der Waals surface area contributed by atoms with Crippen LogP contribution in [0.3, 0.4) is 0 Å². The van der Waals surface area contributed by atoms with E-state index < -0.39 is 0 Å². The largest absolute Gasteiger partial charge is 0.351 e. The molecule has 1 amide bonds. The van der Waals surface area contributed by atoms with Crippen molar-refractivity contribution in [2.45, 2.75) is 13.5 Å². The molecular weight excluding hydrogens is 194 g/mol. The molecule has 0 atom stereocenters. The van der Waals surface area contributed by atoms with Crippen LogP contribution >= 0.6 is 11.8 Å². The Morgan fingerprint density at radius 3 is 2.93 bits per heavy atom. The zero-order chi connectivity index (χ0) is 10.4. The second kappa shape index (κ2) is 5.70. The number of hydrogen-bond donors (Lipinski definition) is 1. The quantitative estimate of drug-likeness (QED) is 0.821. The van der Waals surface area contributed by atoms with Crippen molar-refractivity contribution >= 4 is 17.7 Å². The van der Waals surface area contributed by atoms with E-state index in [1.807, 2.05) is 31.4 Å². The number of hydrogen-bond acceptors (Lipinski definition) is 2. The summed E-state index contributed by atoms with van der Waals surface area (Å²) in [6.07, 6.45) is 1.92. The summed E-state index contributed by atoms with van der Waals surface area (Å²) in [6.45, 7) is 2.67. The lowest BCUT2D eigenvalue weighted by atomic mass is 10.1. The van der Waals surface area contributed by atoms with E-state index in [1.165, 1.54) is 17.3 Å². The predicted octanol–water partition coefficient (Wildman–Crippen LogP) is 1.97. The summed E-state index contributed by atoms with van der Waals surface area (Å²) in [4.78, 5) is 11.2. The zero-order valence-electron chi connectivity index (χ0n) is 8.54. The first kappa shape index (κ1) is 11.1. The first-order chi connectivity index (χ1) is 6.72. The van der Waals surface area contributed by atoms with E-state index in [2.05, 4.69) is 11.4 Å². The van der Waals surface area contributed by atoms with Crippen LogP contribution in [0.2, 0.25) is 0 Å². The molecule has 0 saturated heterocycles. The van der Waals surface area contributed by atoms with Crippen molar-refractivity contribution in [3.8, 4) is 0 Å². The van der Waals surface area contributed by atoms with E-state index in [1.54, 1.807) is 0 Å². The van der Waals surface area contributed by atoms with Gasteiger partial charge in [0.25, 0.3) is 0 Å². The minimum atomic E-state index is 0.0963. The summed E-state index contributed by atoms with van der Waals surface area (Å²) in [5.41, 5.74) is 2.38. The van der Waals surface area contributed by atoms with Crippen molar-refractivity contribution in [3.05, 3.63) is 35.4 Å². The van der Waals surface area contributed by atoms with Gasteiger partial charge in [-0.15, -0.1) is 0 Å². The zero-order valence-corrected chi connectivity index (χ0v) is 9.36. The van der Waals surface area contributed by atoms with Crippen LogP contribution in [-0.2, 0) is 11.3 Å². The number of carbonyl (C=O) groups excluding carboxylic acids is 1. The Hall–Kier alpha value is -0.960. The van der Waals surface area contributed by atoms with Crippen LogP contribution in [0.1, 0.15) is 11.1 Å². The highest BCUT2D eigenvalue weighted by Gasteiger charge is 1.99. The summed E-state index contributed by atoms with van der Waals surface area (Å²) in [6, 6.07) is 8.16. The van der Waals surface area contributed by atoms with Gasteiger partial charge in [0, 0.05) is 6.54 Å². The Bertz CT molecular complexity index is 312. The molecule has 0 aliphatic carbocycles. The first-order valence-electron chi connectivity index (χ1n) is 4.53. The van der Waals surface area contributed by atoms with E-state index in [4.69, 9.17) is 0 Å². The lowest BCUT2D eigenvalue weighted by molar-refractivity contribution is -0.118. The Kier molecular flexibility index (Phi) is 4.53. The number of nitrogens with one attached hydrogen (secondary N) is 1. The van der Waals surface area contributed by atoms with Gasteiger partial charge >= 0.3 is 0 Å². The summed E-state index contributed by atoms with van der Waals surface area (Å²) in [5, 5.41) is 2.87. The normalized spacial score (nSPS) is 9.86. The maximum Gasteiger partial charge on any atom is 0.230 e. The number of benzene rings is 1. The fourth-order valence-corrected chi connectivity index (χ4v) is 1.57. The summed E-state index contributed by atoms with van der Waals surface area (Å²) < 4.78 is 0. The van der Waals surface area contributed by atoms with Crippen LogP contribution in [0.15, 0.2) is 24.3 Å². The van der Waals surface area contributed by atoms with E-state index >= 15 is 0 Å². The average Bonchev–Trinajstić information content (AvgIpc) is 2.15. The SMILES string of the molecule is CSCC(=O)NCc1cccc(C)c1. The second-order valence-corrected chi connectivity index (χ2v) is 4.06. The topological polar surface area (TPSA) is 29.1 Å². The van der Waals surface area contributed by atoms with Gasteiger partial charge in [-0.25, -0.2) is 0 Å². The molecule has 0 aliphatic heterocycles. The molecule has 1 aromatic rings. The van der Waals surface area contributed by atoms with Crippen LogP contribution in [0, 0.1) is 6.92 Å². The Labute approximate surface area is 89.1 Å². The van der Waals surface area contributed by atoms with Crippen LogP contribution in [0.4, 0.5) is 0 Å². The van der Waals surface area contributed by atoms with Gasteiger partial charge in [0.15, 0.2) is 0 Å². The van der Waals surface area contributed by atoms with Crippen molar-refractivity contribution in [2.75, 3.05) is 12.0 Å². The fourth-order valence-electron chi connectivity index (χ4n) is 1.20. The molecular formula is C11H15NOS. The highest BCUT2D eigenvalue weighted by atomic mass is 32.2. The number of rotatable bonds is 4. The highest BCUT2D eigenvalue weighted by Crippen LogP contribution is 2.03. The van der Waals surface area contributed by atoms with E-state index in [0.29, 0.717) is 12.3 Å². The van der Waals surface area contributed by atoms with Crippen molar-refractivity contribution in [3.63, 3.8) is 0 Å². The minimum Gasteiger partial charge on any atom is -0.351 e. The Balaban J connectivity index is 2.41. The standard InChI is InChI=1S/C11H15NOS/c1-9-4-3-5-10(6-9)7-12-11(13)8-14-2/h3-6H,7-8H2,1-2H3,(H,12,13). The number of aryl methyl sites for hydroxylation is 1. The van der Waals surface area contributed by atoms with Crippen molar-refractivity contribution in [2.24, 2.45) is 0 Å². The number of thioether (sulfide) groups is 1. The molecule has 0 aliphatic rings. The molecule has 0 spiro atoms. The third-order valence-electron chi connectivity index (χ3n) is 1.85. The van der Waals surface area contributed by atoms with Gasteiger partial charge in [-0.1, -0.05) is 29.8 Å². The molecule has 1 N–H and O–H groups in total. The number of amides is 1. The molecule has 0 radical (unpaired) electrons. The van der Waals surface area contributed by atoms with E-state index in [9.17, 15) is 4.79 Å². The minimum absolute atomic E-state index is 0.0963. The van der Waals surface area contributed by atoms with Gasteiger partial charge in [0.1, 0.15) is 0 Å². The third kappa shape index (κ3) is 3.83. The predicted molar refractivity (Wildman–Crippen MR) is 61.4 cm³/mol. The van der Waals surface area contributed by atoms with Crippen LogP contribution in [0.5, 0.6) is 0 Å². The van der Waals surface area contributed by atoms with Gasteiger partial charge in [0.05, 0.1) is 5.75 Å². The molecule has 1 aromatic carbocycles. The third-order valence-corrected chi connectivity index (χ3v) is 2.40. The molecule has 1 rings (SSSR count). The van der Waals surface area contributed by atoms with Gasteiger partial charge < -0.3 is 5.32 Å². The molecule has 0 heterocycles. The first-order valence-corrected chi connectivity index (χ1v) is 5.93. The van der Waals surface area contributed by atoms with Crippen LogP contribution in [0.25, 0.3) is 0 Å². The van der Waals surface area contributed by atoms with Gasteiger partial charge in [-0.2, -0.15) is 11.8 Å². The molecule has 0 unspecified atom stereocenters. The maximum absolute atomic E-state index is 11.2. The van der Waals surface area contributed by atoms with Gasteiger partial charge in [-0.05, 0) is 18.7 Å². The molecule has 2 nitrogen and oxygen atoms in total. The molecule has 0 fully saturated rings. The smallest absolute Gasteiger partial charge is 0.230 e. The Morgan fingerprint density at radius 2 is 2.29 bits per heavy atom. The summed E-state index contributed by atoms with van der Waals surface area (Å²) >= 11 is 1.54. The average molecular weight is 209 g/mol. The molecule has 14 heavy (non-hydrogen) atoms. The van der Waals surface area contributed by atoms with Crippen molar-refractivity contribution < 1.29 is 4.79 Å². The maximum atomic E-state index is 11.2. The van der Waals surface area contributed by atoms with E-state index in [0.717, 1.165) is 5.56 Å². The van der Waals surface area contributed by atoms with Crippen molar-refractivity contribution in [1.82, 2.24) is 5.32 Å². The van der Waals surface area contributed by atoms with Gasteiger partial charge in [-0.3, -0.25) is 4.79 Å². The van der Waals surface area contributed by atoms with Crippen LogP contribution < -0.4 is 5.32 Å². The second-order valence-electron chi connectivity index (χ2n) is 3.20. The van der Waals surface area contributed by atoms with Gasteiger partial charge in [0.2, 0.25) is 5.91 Å². The summed E-state index contributed by atoms with van der Waals surface area (Å²) in [5.74, 6) is 0.630. The molecule has 0 saturated carbocycles. The Morgan fingerprint density at radius 1 is 1.50 bits per heavy atom. The molecule has 0 aromatic heterocycles. The lowest BCUT2D eigenvalue weighted by Gasteiger charge is -2.04. The number of carbonyl (C=O) groups is 1. The van der Waals surface area contributed by atoms with Crippen LogP contribution in [-0.4, -0.2) is 17.9 Å². The van der Waals surface area contributed by atoms with Crippen molar-refractivity contribution in [1.29, 1.82) is 0 Å². The van der Waals surface area contributed by atoms with E-state index in [-0.39, 0.29) is 5.91 Å². The highest BCUT2D eigenvalue weighted by molar-refractivity contribution is 7.99.